The summed E-state index contributed by atoms with van der Waals surface area (Å²) in [6.07, 6.45) is 0.969. The summed E-state index contributed by atoms with van der Waals surface area (Å²) in [6.45, 7) is 1.76. The zero-order valence-corrected chi connectivity index (χ0v) is 16.9. The van der Waals surface area contributed by atoms with Gasteiger partial charge in [0.15, 0.2) is 0 Å². The predicted molar refractivity (Wildman–Crippen MR) is 105 cm³/mol. The fraction of sp³-hybridized carbons (Fsp3) is 0.167. The molecule has 2 N–H and O–H groups in total. The van der Waals surface area contributed by atoms with Crippen molar-refractivity contribution in [3.63, 3.8) is 0 Å². The fourth-order valence-corrected chi connectivity index (χ4v) is 3.42. The number of nitrogens with zero attached hydrogens (tertiary/aromatic N) is 2. The number of benzene rings is 2. The Labute approximate surface area is 163 Å². The van der Waals surface area contributed by atoms with Gasteiger partial charge in [-0.2, -0.15) is 13.5 Å². The maximum Gasteiger partial charge on any atom is 0.264 e. The first-order valence-electron chi connectivity index (χ1n) is 8.16. The van der Waals surface area contributed by atoms with E-state index in [1.165, 1.54) is 12.1 Å². The molecule has 8 nitrogen and oxygen atoms in total. The molecule has 3 rings (SSSR count). The second kappa shape index (κ2) is 7.47. The van der Waals surface area contributed by atoms with Gasteiger partial charge in [0, 0.05) is 5.56 Å². The lowest BCUT2D eigenvalue weighted by Crippen LogP contribution is -2.12. The van der Waals surface area contributed by atoms with E-state index >= 15 is 0 Å². The minimum absolute atomic E-state index is 0.0130. The van der Waals surface area contributed by atoms with Crippen LogP contribution in [0.5, 0.6) is 0 Å². The third kappa shape index (κ3) is 4.84. The largest absolute Gasteiger partial charge is 0.264 e. The van der Waals surface area contributed by atoms with E-state index in [1.54, 1.807) is 22.9 Å². The van der Waals surface area contributed by atoms with Gasteiger partial charge in [0.2, 0.25) is 10.0 Å². The Morgan fingerprint density at radius 1 is 1.00 bits per heavy atom. The summed E-state index contributed by atoms with van der Waals surface area (Å²) in [7, 11) is -7.42. The summed E-state index contributed by atoms with van der Waals surface area (Å²) in [5, 5.41) is 9.56. The minimum atomic E-state index is -3.80. The van der Waals surface area contributed by atoms with Crippen LogP contribution < -0.4 is 5.14 Å². The molecular formula is C18H19N3O5S2. The average Bonchev–Trinajstić information content (AvgIpc) is 3.04. The molecule has 0 bridgehead atoms. The summed E-state index contributed by atoms with van der Waals surface area (Å²) in [6, 6.07) is 15.4. The van der Waals surface area contributed by atoms with Crippen molar-refractivity contribution in [2.45, 2.75) is 18.4 Å². The monoisotopic (exact) mass is 421 g/mol. The molecule has 0 amide bonds. The maximum atomic E-state index is 11.5. The molecule has 0 radical (unpaired) electrons. The van der Waals surface area contributed by atoms with Gasteiger partial charge in [-0.15, -0.1) is 0 Å². The topological polar surface area (TPSA) is 121 Å². The van der Waals surface area contributed by atoms with Gasteiger partial charge in [0.05, 0.1) is 28.2 Å². The second-order valence-electron chi connectivity index (χ2n) is 6.30. The number of aryl methyl sites for hydroxylation is 1. The Morgan fingerprint density at radius 2 is 1.61 bits per heavy atom. The Bertz CT molecular complexity index is 1200. The maximum absolute atomic E-state index is 11.5. The molecule has 0 aliphatic carbocycles. The molecule has 0 fully saturated rings. The van der Waals surface area contributed by atoms with E-state index in [1.807, 2.05) is 31.2 Å². The Hall–Kier alpha value is -2.53. The van der Waals surface area contributed by atoms with E-state index in [0.29, 0.717) is 17.1 Å². The van der Waals surface area contributed by atoms with Crippen molar-refractivity contribution >= 4 is 20.1 Å². The zero-order valence-electron chi connectivity index (χ0n) is 15.2. The van der Waals surface area contributed by atoms with Crippen LogP contribution in [-0.2, 0) is 30.9 Å². The molecule has 0 saturated heterocycles. The molecule has 0 spiro atoms. The molecule has 10 heteroatoms. The van der Waals surface area contributed by atoms with E-state index in [-0.39, 0.29) is 11.5 Å². The van der Waals surface area contributed by atoms with Gasteiger partial charge >= 0.3 is 0 Å². The predicted octanol–water partition coefficient (Wildman–Crippen LogP) is 1.97. The molecule has 0 aliphatic rings. The third-order valence-electron chi connectivity index (χ3n) is 3.94. The third-order valence-corrected chi connectivity index (χ3v) is 5.41. The van der Waals surface area contributed by atoms with Crippen LogP contribution in [0, 0.1) is 6.92 Å². The fourth-order valence-electron chi connectivity index (χ4n) is 2.57. The molecule has 0 saturated carbocycles. The Balaban J connectivity index is 2.07. The first-order chi connectivity index (χ1) is 13.0. The van der Waals surface area contributed by atoms with Gasteiger partial charge in [0.25, 0.3) is 10.1 Å². The Morgan fingerprint density at radius 3 is 2.14 bits per heavy atom. The smallest absolute Gasteiger partial charge is 0.264 e. The lowest BCUT2D eigenvalue weighted by molar-refractivity contribution is 0.306. The summed E-state index contributed by atoms with van der Waals surface area (Å²) in [5.41, 5.74) is 3.66. The highest BCUT2D eigenvalue weighted by molar-refractivity contribution is 7.89. The average molecular weight is 422 g/mol. The molecule has 1 heterocycles. The molecule has 148 valence electrons. The van der Waals surface area contributed by atoms with Crippen LogP contribution in [0.3, 0.4) is 0 Å². The van der Waals surface area contributed by atoms with Gasteiger partial charge < -0.3 is 0 Å². The van der Waals surface area contributed by atoms with Crippen molar-refractivity contribution in [2.24, 2.45) is 5.14 Å². The van der Waals surface area contributed by atoms with Gasteiger partial charge in [0.1, 0.15) is 6.61 Å². The normalized spacial score (nSPS) is 12.2. The van der Waals surface area contributed by atoms with E-state index in [0.717, 1.165) is 17.4 Å². The number of hydrogen-bond acceptors (Lipinski definition) is 6. The van der Waals surface area contributed by atoms with Gasteiger partial charge in [-0.3, -0.25) is 4.18 Å². The summed E-state index contributed by atoms with van der Waals surface area (Å²) in [4.78, 5) is -0.0130. The molecular weight excluding hydrogens is 402 g/mol. The standard InChI is InChI=1S/C18H19N3O5S2/c1-13-3-5-14(6-4-13)18-11-15(12-26-27(2,22)23)20-21(18)16-7-9-17(10-8-16)28(19,24)25/h3-11H,12H2,1-2H3,(H2,19,24,25). The van der Waals surface area contributed by atoms with Crippen molar-refractivity contribution in [1.82, 2.24) is 9.78 Å². The molecule has 28 heavy (non-hydrogen) atoms. The number of hydrogen-bond donors (Lipinski definition) is 1. The number of sulfonamides is 1. The van der Waals surface area contributed by atoms with E-state index < -0.39 is 20.1 Å². The van der Waals surface area contributed by atoms with Crippen LogP contribution in [0.4, 0.5) is 0 Å². The van der Waals surface area contributed by atoms with Crippen molar-refractivity contribution < 1.29 is 21.0 Å². The number of rotatable bonds is 6. The van der Waals surface area contributed by atoms with Crippen LogP contribution >= 0.6 is 0 Å². The molecule has 0 atom stereocenters. The zero-order chi connectivity index (χ0) is 20.5. The highest BCUT2D eigenvalue weighted by Crippen LogP contribution is 2.25. The van der Waals surface area contributed by atoms with Crippen molar-refractivity contribution in [3.8, 4) is 16.9 Å². The number of aromatic nitrogens is 2. The second-order valence-corrected chi connectivity index (χ2v) is 9.51. The van der Waals surface area contributed by atoms with Gasteiger partial charge in [-0.25, -0.2) is 18.2 Å². The van der Waals surface area contributed by atoms with Crippen molar-refractivity contribution in [1.29, 1.82) is 0 Å². The first-order valence-corrected chi connectivity index (χ1v) is 11.5. The van der Waals surface area contributed by atoms with Crippen LogP contribution in [0.2, 0.25) is 0 Å². The van der Waals surface area contributed by atoms with E-state index in [9.17, 15) is 16.8 Å². The van der Waals surface area contributed by atoms with Gasteiger partial charge in [-0.05, 0) is 37.3 Å². The van der Waals surface area contributed by atoms with Crippen molar-refractivity contribution in [3.05, 3.63) is 65.9 Å². The molecule has 2 aromatic carbocycles. The van der Waals surface area contributed by atoms with E-state index in [2.05, 4.69) is 5.10 Å². The SMILES string of the molecule is Cc1ccc(-c2cc(COS(C)(=O)=O)nn2-c2ccc(S(N)(=O)=O)cc2)cc1. The quantitative estimate of drug-likeness (QED) is 0.607. The van der Waals surface area contributed by atoms with Crippen LogP contribution in [0.25, 0.3) is 16.9 Å². The van der Waals surface area contributed by atoms with Crippen LogP contribution in [0.1, 0.15) is 11.3 Å². The summed E-state index contributed by atoms with van der Waals surface area (Å²) in [5.74, 6) is 0. The number of primary sulfonamides is 1. The highest BCUT2D eigenvalue weighted by atomic mass is 32.2. The molecule has 0 aliphatic heterocycles. The molecule has 0 unspecified atom stereocenters. The van der Waals surface area contributed by atoms with Crippen molar-refractivity contribution in [2.75, 3.05) is 6.26 Å². The Kier molecular flexibility index (Phi) is 5.39. The molecule has 3 aromatic rings. The lowest BCUT2D eigenvalue weighted by Gasteiger charge is -2.08. The summed E-state index contributed by atoms with van der Waals surface area (Å²) >= 11 is 0. The lowest BCUT2D eigenvalue weighted by atomic mass is 10.1. The first kappa shape index (κ1) is 20.2. The molecule has 1 aromatic heterocycles. The minimum Gasteiger partial charge on any atom is -0.264 e. The van der Waals surface area contributed by atoms with Gasteiger partial charge in [-0.1, -0.05) is 29.8 Å². The van der Waals surface area contributed by atoms with Crippen LogP contribution in [0.15, 0.2) is 59.5 Å². The van der Waals surface area contributed by atoms with Crippen LogP contribution in [-0.4, -0.2) is 32.9 Å². The van der Waals surface area contributed by atoms with E-state index in [4.69, 9.17) is 9.32 Å². The highest BCUT2D eigenvalue weighted by Gasteiger charge is 2.15. The summed E-state index contributed by atoms with van der Waals surface area (Å²) < 4.78 is 51.9. The number of nitrogens with two attached hydrogens (primary N) is 1.